The van der Waals surface area contributed by atoms with Crippen LogP contribution in [0.2, 0.25) is 0 Å². The van der Waals surface area contributed by atoms with Crippen molar-refractivity contribution in [2.45, 2.75) is 45.4 Å². The molecule has 3 aliphatic rings. The lowest BCUT2D eigenvalue weighted by Crippen LogP contribution is -2.28. The molecule has 8 rings (SSSR count). The van der Waals surface area contributed by atoms with Crippen LogP contribution < -0.4 is 9.97 Å². The SMILES string of the molecule is C=C/C(C)=C\CC.Cc1ccccc1N(c1ccccc1)P(C)c1ccc2c(c1)C1(C3=CCCC=C3c3ccccc31)c1ccccc1-2. The molecule has 238 valence electrons. The molecule has 5 aromatic rings. The second-order valence-electron chi connectivity index (χ2n) is 12.9. The van der Waals surface area contributed by atoms with Crippen LogP contribution in [0.5, 0.6) is 0 Å². The van der Waals surface area contributed by atoms with Gasteiger partial charge >= 0.3 is 0 Å². The van der Waals surface area contributed by atoms with Gasteiger partial charge in [-0.1, -0.05) is 140 Å². The molecule has 3 aliphatic carbocycles. The van der Waals surface area contributed by atoms with E-state index in [-0.39, 0.29) is 5.41 Å². The third kappa shape index (κ3) is 5.22. The minimum atomic E-state index is -0.709. The average Bonchev–Trinajstić information content (AvgIpc) is 3.60. The summed E-state index contributed by atoms with van der Waals surface area (Å²) < 4.78 is 2.56. The Morgan fingerprint density at radius 3 is 2.08 bits per heavy atom. The topological polar surface area (TPSA) is 3.24 Å². The van der Waals surface area contributed by atoms with E-state index in [1.54, 1.807) is 0 Å². The van der Waals surface area contributed by atoms with Gasteiger partial charge in [-0.25, -0.2) is 0 Å². The summed E-state index contributed by atoms with van der Waals surface area (Å²) in [6.07, 6.45) is 12.3. The molecule has 5 aromatic carbocycles. The van der Waals surface area contributed by atoms with Crippen molar-refractivity contribution in [3.63, 3.8) is 0 Å². The van der Waals surface area contributed by atoms with E-state index in [9.17, 15) is 0 Å². The maximum atomic E-state index is 3.61. The molecule has 0 saturated heterocycles. The summed E-state index contributed by atoms with van der Waals surface area (Å²) >= 11 is 0. The summed E-state index contributed by atoms with van der Waals surface area (Å²) in [5.41, 5.74) is 16.2. The van der Waals surface area contributed by atoms with Gasteiger partial charge in [0, 0.05) is 19.4 Å². The number of fused-ring (bicyclic) bond motifs is 10. The fourth-order valence-electron chi connectivity index (χ4n) is 7.89. The lowest BCUT2D eigenvalue weighted by Gasteiger charge is -2.35. The van der Waals surface area contributed by atoms with Gasteiger partial charge in [0.2, 0.25) is 0 Å². The van der Waals surface area contributed by atoms with Crippen molar-refractivity contribution in [2.75, 3.05) is 11.3 Å². The molecule has 2 heteroatoms. The highest BCUT2D eigenvalue weighted by molar-refractivity contribution is 7.66. The molecule has 0 fully saturated rings. The van der Waals surface area contributed by atoms with Crippen molar-refractivity contribution in [3.05, 3.63) is 191 Å². The Labute approximate surface area is 288 Å². The molecule has 0 bridgehead atoms. The molecule has 0 heterocycles. The minimum Gasteiger partial charge on any atom is -0.316 e. The predicted octanol–water partition coefficient (Wildman–Crippen LogP) is 12.4. The number of hydrogen-bond donors (Lipinski definition) is 0. The van der Waals surface area contributed by atoms with Crippen molar-refractivity contribution in [1.29, 1.82) is 0 Å². The first-order valence-electron chi connectivity index (χ1n) is 17.2. The van der Waals surface area contributed by atoms with Crippen molar-refractivity contribution in [1.82, 2.24) is 0 Å². The standard InChI is InChI=1S/C39H32NP.C7H12/c1-27-14-6-13-23-38(27)40(28-15-4-3-5-16-28)41(2)29-24-25-33-32-19-9-12-22-36(32)39(37(33)26-29)34-20-10-7-17-30(34)31-18-8-11-21-35(31)39;1-4-6-7(3)5-2/h3-7,9-10,12-26H,8,11H2,1-2H3;5-6H,2,4H2,1,3H3/b;7-6-. The van der Waals surface area contributed by atoms with Crippen molar-refractivity contribution in [2.24, 2.45) is 0 Å². The van der Waals surface area contributed by atoms with Gasteiger partial charge in [-0.15, -0.1) is 0 Å². The number of hydrogen-bond acceptors (Lipinski definition) is 1. The zero-order chi connectivity index (χ0) is 33.3. The number of aryl methyl sites for hydroxylation is 1. The van der Waals surface area contributed by atoms with Crippen LogP contribution in [0.4, 0.5) is 11.4 Å². The Kier molecular flexibility index (Phi) is 8.91. The summed E-state index contributed by atoms with van der Waals surface area (Å²) in [5, 5.41) is 1.39. The molecular weight excluding hydrogens is 597 g/mol. The van der Waals surface area contributed by atoms with Crippen LogP contribution in [0.15, 0.2) is 163 Å². The summed E-state index contributed by atoms with van der Waals surface area (Å²) in [6, 6.07) is 45.3. The quantitative estimate of drug-likeness (QED) is 0.132. The van der Waals surface area contributed by atoms with E-state index >= 15 is 0 Å². The lowest BCUT2D eigenvalue weighted by atomic mass is 9.69. The van der Waals surface area contributed by atoms with E-state index in [0.717, 1.165) is 19.3 Å². The van der Waals surface area contributed by atoms with Crippen LogP contribution >= 0.6 is 8.07 Å². The third-order valence-corrected chi connectivity index (χ3v) is 12.1. The van der Waals surface area contributed by atoms with E-state index in [1.165, 1.54) is 72.3 Å². The first kappa shape index (κ1) is 31.9. The molecule has 0 amide bonds. The Morgan fingerprint density at radius 1 is 0.750 bits per heavy atom. The number of benzene rings is 5. The van der Waals surface area contributed by atoms with E-state index in [2.05, 4.69) is 178 Å². The molecule has 1 nitrogen and oxygen atoms in total. The lowest BCUT2D eigenvalue weighted by molar-refractivity contribution is 0.783. The number of allylic oxidation sites excluding steroid dienone is 7. The monoisotopic (exact) mass is 641 g/mol. The molecule has 0 radical (unpaired) electrons. The van der Waals surface area contributed by atoms with Crippen LogP contribution in [0.1, 0.15) is 60.9 Å². The normalized spacial score (nSPS) is 17.5. The summed E-state index contributed by atoms with van der Waals surface area (Å²) in [6.45, 7) is 12.4. The average molecular weight is 642 g/mol. The maximum absolute atomic E-state index is 3.61. The Morgan fingerprint density at radius 2 is 1.38 bits per heavy atom. The van der Waals surface area contributed by atoms with Gasteiger partial charge in [0.05, 0.1) is 5.41 Å². The number of nitrogens with zero attached hydrogens (tertiary/aromatic N) is 1. The molecule has 1 spiro atoms. The first-order chi connectivity index (χ1) is 23.5. The van der Waals surface area contributed by atoms with E-state index in [0.29, 0.717) is 0 Å². The second kappa shape index (κ2) is 13.4. The Bertz CT molecular complexity index is 2080. The number of para-hydroxylation sites is 2. The fraction of sp³-hybridized carbons (Fsp3) is 0.174. The number of anilines is 2. The van der Waals surface area contributed by atoms with E-state index < -0.39 is 8.07 Å². The molecule has 0 aromatic heterocycles. The molecule has 0 saturated carbocycles. The highest BCUT2D eigenvalue weighted by atomic mass is 31.1. The summed E-state index contributed by atoms with van der Waals surface area (Å²) in [4.78, 5) is 0. The highest BCUT2D eigenvalue weighted by Gasteiger charge is 2.53. The summed E-state index contributed by atoms with van der Waals surface area (Å²) in [7, 11) is -0.709. The van der Waals surface area contributed by atoms with Gasteiger partial charge in [0.15, 0.2) is 0 Å². The Balaban J connectivity index is 0.000000473. The van der Waals surface area contributed by atoms with Crippen LogP contribution in [-0.4, -0.2) is 6.66 Å². The molecule has 2 atom stereocenters. The first-order valence-corrected chi connectivity index (χ1v) is 18.9. The maximum Gasteiger partial charge on any atom is 0.0722 e. The highest BCUT2D eigenvalue weighted by Crippen LogP contribution is 2.64. The van der Waals surface area contributed by atoms with Gasteiger partial charge in [0.1, 0.15) is 0 Å². The molecule has 48 heavy (non-hydrogen) atoms. The number of rotatable bonds is 6. The van der Waals surface area contributed by atoms with Crippen molar-refractivity contribution in [3.8, 4) is 11.1 Å². The van der Waals surface area contributed by atoms with Gasteiger partial charge in [-0.3, -0.25) is 0 Å². The van der Waals surface area contributed by atoms with Crippen LogP contribution in [-0.2, 0) is 5.41 Å². The van der Waals surface area contributed by atoms with Crippen molar-refractivity contribution >= 4 is 30.3 Å². The third-order valence-electron chi connectivity index (χ3n) is 10.1. The molecular formula is C46H44NP. The van der Waals surface area contributed by atoms with Gasteiger partial charge < -0.3 is 4.67 Å². The van der Waals surface area contributed by atoms with E-state index in [4.69, 9.17) is 0 Å². The zero-order valence-electron chi connectivity index (χ0n) is 28.6. The Hall–Kier alpha value is -4.71. The van der Waals surface area contributed by atoms with Crippen LogP contribution in [0.25, 0.3) is 16.7 Å². The van der Waals surface area contributed by atoms with Gasteiger partial charge in [-0.05, 0) is 119 Å². The zero-order valence-corrected chi connectivity index (χ0v) is 29.5. The van der Waals surface area contributed by atoms with Crippen molar-refractivity contribution < 1.29 is 0 Å². The molecule has 0 N–H and O–H groups in total. The fourth-order valence-corrected chi connectivity index (χ4v) is 9.75. The van der Waals surface area contributed by atoms with Crippen LogP contribution in [0, 0.1) is 6.92 Å². The van der Waals surface area contributed by atoms with Crippen LogP contribution in [0.3, 0.4) is 0 Å². The van der Waals surface area contributed by atoms with Gasteiger partial charge in [0.25, 0.3) is 0 Å². The molecule has 0 aliphatic heterocycles. The summed E-state index contributed by atoms with van der Waals surface area (Å²) in [5.74, 6) is 0. The second-order valence-corrected chi connectivity index (χ2v) is 14.9. The molecule has 2 unspecified atom stereocenters. The largest absolute Gasteiger partial charge is 0.316 e. The smallest absolute Gasteiger partial charge is 0.0722 e. The van der Waals surface area contributed by atoms with Gasteiger partial charge in [-0.2, -0.15) is 0 Å². The van der Waals surface area contributed by atoms with E-state index in [1.807, 2.05) is 6.08 Å². The minimum absolute atomic E-state index is 0.263. The predicted molar refractivity (Wildman–Crippen MR) is 210 cm³/mol.